The molecule has 6 heteroatoms. The summed E-state index contributed by atoms with van der Waals surface area (Å²) in [6.45, 7) is 6.98. The molecule has 1 unspecified atom stereocenters. The van der Waals surface area contributed by atoms with Gasteiger partial charge in [0.15, 0.2) is 5.96 Å². The first kappa shape index (κ1) is 20.5. The largest absolute Gasteiger partial charge is 0.381 e. The molecule has 140 valence electrons. The van der Waals surface area contributed by atoms with Crippen LogP contribution in [0.4, 0.5) is 0 Å². The molecule has 0 saturated carbocycles. The quantitative estimate of drug-likeness (QED) is 0.418. The summed E-state index contributed by atoms with van der Waals surface area (Å²) in [7, 11) is 3.98. The van der Waals surface area contributed by atoms with Crippen molar-refractivity contribution in [1.29, 1.82) is 0 Å². The van der Waals surface area contributed by atoms with Crippen LogP contribution < -0.4 is 5.32 Å². The molecule has 5 nitrogen and oxygen atoms in total. The maximum Gasteiger partial charge on any atom is 0.193 e. The lowest BCUT2D eigenvalue weighted by molar-refractivity contribution is 0.181. The van der Waals surface area contributed by atoms with Crippen molar-refractivity contribution in [2.75, 3.05) is 53.5 Å². The van der Waals surface area contributed by atoms with Crippen LogP contribution >= 0.6 is 24.0 Å². The van der Waals surface area contributed by atoms with Crippen molar-refractivity contribution in [2.45, 2.75) is 19.4 Å². The summed E-state index contributed by atoms with van der Waals surface area (Å²) in [5.74, 6) is 1.62. The molecule has 1 N–H and O–H groups in total. The van der Waals surface area contributed by atoms with Gasteiger partial charge in [-0.05, 0) is 24.0 Å². The summed E-state index contributed by atoms with van der Waals surface area (Å²) >= 11 is 0. The standard InChI is InChI=1S/C19H30N4O.HI/c1-20-19(22(2)13-16-8-12-24-15-16)21-9-11-23-10-7-17-5-3-4-6-18(17)14-23;/h3-6,16H,7-15H2,1-2H3,(H,20,21);1H. The molecule has 0 spiro atoms. The molecule has 1 saturated heterocycles. The van der Waals surface area contributed by atoms with Crippen LogP contribution in [-0.2, 0) is 17.7 Å². The summed E-state index contributed by atoms with van der Waals surface area (Å²) in [4.78, 5) is 9.17. The first-order valence-corrected chi connectivity index (χ1v) is 9.05. The zero-order valence-electron chi connectivity index (χ0n) is 15.4. The number of hydrogen-bond donors (Lipinski definition) is 1. The Morgan fingerprint density at radius 2 is 2.16 bits per heavy atom. The summed E-state index contributed by atoms with van der Waals surface area (Å²) in [6.07, 6.45) is 2.32. The fraction of sp³-hybridized carbons (Fsp3) is 0.632. The fourth-order valence-electron chi connectivity index (χ4n) is 3.66. The molecule has 0 aromatic heterocycles. The van der Waals surface area contributed by atoms with E-state index in [1.165, 1.54) is 11.1 Å². The van der Waals surface area contributed by atoms with Crippen LogP contribution in [0.2, 0.25) is 0 Å². The molecule has 2 aliphatic heterocycles. The van der Waals surface area contributed by atoms with Gasteiger partial charge in [0, 0.05) is 59.3 Å². The highest BCUT2D eigenvalue weighted by Gasteiger charge is 2.19. The third-order valence-corrected chi connectivity index (χ3v) is 5.05. The maximum absolute atomic E-state index is 5.47. The SMILES string of the molecule is CN=C(NCCN1CCc2ccccc2C1)N(C)CC1CCOC1.I. The van der Waals surface area contributed by atoms with E-state index in [-0.39, 0.29) is 24.0 Å². The van der Waals surface area contributed by atoms with E-state index in [9.17, 15) is 0 Å². The minimum absolute atomic E-state index is 0. The van der Waals surface area contributed by atoms with E-state index in [0.717, 1.165) is 64.7 Å². The van der Waals surface area contributed by atoms with Crippen LogP contribution in [0.1, 0.15) is 17.5 Å². The lowest BCUT2D eigenvalue weighted by Gasteiger charge is -2.30. The molecular formula is C19H31IN4O. The number of aliphatic imine (C=N–C) groups is 1. The van der Waals surface area contributed by atoms with Gasteiger partial charge < -0.3 is 15.0 Å². The van der Waals surface area contributed by atoms with Gasteiger partial charge in [-0.1, -0.05) is 24.3 Å². The van der Waals surface area contributed by atoms with E-state index in [4.69, 9.17) is 4.74 Å². The Balaban J connectivity index is 0.00000225. The molecule has 2 aliphatic rings. The molecule has 1 atom stereocenters. The molecular weight excluding hydrogens is 427 g/mol. The Bertz CT molecular complexity index is 560. The van der Waals surface area contributed by atoms with Gasteiger partial charge in [0.05, 0.1) is 6.61 Å². The minimum Gasteiger partial charge on any atom is -0.381 e. The Morgan fingerprint density at radius 1 is 1.36 bits per heavy atom. The minimum atomic E-state index is 0. The van der Waals surface area contributed by atoms with Gasteiger partial charge in [-0.3, -0.25) is 9.89 Å². The van der Waals surface area contributed by atoms with Crippen LogP contribution in [0.25, 0.3) is 0 Å². The van der Waals surface area contributed by atoms with Crippen LogP contribution in [0.3, 0.4) is 0 Å². The van der Waals surface area contributed by atoms with Crippen LogP contribution in [0.15, 0.2) is 29.3 Å². The number of nitrogens with one attached hydrogen (secondary N) is 1. The number of rotatable bonds is 5. The lowest BCUT2D eigenvalue weighted by Crippen LogP contribution is -2.44. The lowest BCUT2D eigenvalue weighted by atomic mass is 10.00. The molecule has 1 aromatic rings. The second kappa shape index (κ2) is 10.3. The van der Waals surface area contributed by atoms with Crippen molar-refractivity contribution in [3.63, 3.8) is 0 Å². The van der Waals surface area contributed by atoms with Crippen molar-refractivity contribution in [3.8, 4) is 0 Å². The summed E-state index contributed by atoms with van der Waals surface area (Å²) in [6, 6.07) is 8.80. The third-order valence-electron chi connectivity index (χ3n) is 5.05. The predicted octanol–water partition coefficient (Wildman–Crippen LogP) is 2.21. The third kappa shape index (κ3) is 5.82. The van der Waals surface area contributed by atoms with E-state index < -0.39 is 0 Å². The van der Waals surface area contributed by atoms with Gasteiger partial charge >= 0.3 is 0 Å². The molecule has 1 fully saturated rings. The second-order valence-electron chi connectivity index (χ2n) is 6.88. The summed E-state index contributed by atoms with van der Waals surface area (Å²) in [5, 5.41) is 3.51. The Kier molecular flexibility index (Phi) is 8.45. The first-order chi connectivity index (χ1) is 11.8. The molecule has 0 radical (unpaired) electrons. The molecule has 0 bridgehead atoms. The average molecular weight is 458 g/mol. The molecule has 3 rings (SSSR count). The van der Waals surface area contributed by atoms with Crippen molar-refractivity contribution >= 4 is 29.9 Å². The number of guanidine groups is 1. The van der Waals surface area contributed by atoms with Crippen LogP contribution in [0, 0.1) is 5.92 Å². The zero-order valence-corrected chi connectivity index (χ0v) is 17.7. The number of fused-ring (bicyclic) bond motifs is 1. The normalized spacial score (nSPS) is 20.7. The smallest absolute Gasteiger partial charge is 0.193 e. The second-order valence-corrected chi connectivity index (χ2v) is 6.88. The van der Waals surface area contributed by atoms with E-state index in [1.807, 2.05) is 7.05 Å². The molecule has 2 heterocycles. The van der Waals surface area contributed by atoms with E-state index >= 15 is 0 Å². The van der Waals surface area contributed by atoms with Gasteiger partial charge in [-0.25, -0.2) is 0 Å². The van der Waals surface area contributed by atoms with E-state index in [1.54, 1.807) is 0 Å². The van der Waals surface area contributed by atoms with Gasteiger partial charge in [-0.15, -0.1) is 24.0 Å². The fourth-order valence-corrected chi connectivity index (χ4v) is 3.66. The monoisotopic (exact) mass is 458 g/mol. The van der Waals surface area contributed by atoms with Crippen molar-refractivity contribution in [3.05, 3.63) is 35.4 Å². The van der Waals surface area contributed by atoms with Gasteiger partial charge in [-0.2, -0.15) is 0 Å². The summed E-state index contributed by atoms with van der Waals surface area (Å²) in [5.41, 5.74) is 2.99. The van der Waals surface area contributed by atoms with Gasteiger partial charge in [0.1, 0.15) is 0 Å². The van der Waals surface area contributed by atoms with Crippen molar-refractivity contribution < 1.29 is 4.74 Å². The molecule has 0 aliphatic carbocycles. The molecule has 1 aromatic carbocycles. The van der Waals surface area contributed by atoms with Crippen LogP contribution in [-0.4, -0.2) is 69.2 Å². The Labute approximate surface area is 168 Å². The van der Waals surface area contributed by atoms with E-state index in [0.29, 0.717) is 5.92 Å². The number of halogens is 1. The number of hydrogen-bond acceptors (Lipinski definition) is 3. The van der Waals surface area contributed by atoms with Crippen LogP contribution in [0.5, 0.6) is 0 Å². The highest BCUT2D eigenvalue weighted by Crippen LogP contribution is 2.17. The molecule has 25 heavy (non-hydrogen) atoms. The Morgan fingerprint density at radius 3 is 2.88 bits per heavy atom. The topological polar surface area (TPSA) is 40.1 Å². The zero-order chi connectivity index (χ0) is 16.8. The predicted molar refractivity (Wildman–Crippen MR) is 114 cm³/mol. The van der Waals surface area contributed by atoms with E-state index in [2.05, 4.69) is 51.4 Å². The number of ether oxygens (including phenoxy) is 1. The first-order valence-electron chi connectivity index (χ1n) is 9.05. The van der Waals surface area contributed by atoms with Gasteiger partial charge in [0.25, 0.3) is 0 Å². The highest BCUT2D eigenvalue weighted by molar-refractivity contribution is 14.0. The van der Waals surface area contributed by atoms with Gasteiger partial charge in [0.2, 0.25) is 0 Å². The maximum atomic E-state index is 5.47. The summed E-state index contributed by atoms with van der Waals surface area (Å²) < 4.78 is 5.47. The number of nitrogens with zero attached hydrogens (tertiary/aromatic N) is 3. The Hall–Kier alpha value is -0.860. The van der Waals surface area contributed by atoms with Crippen molar-refractivity contribution in [1.82, 2.24) is 15.1 Å². The number of benzene rings is 1. The highest BCUT2D eigenvalue weighted by atomic mass is 127. The van der Waals surface area contributed by atoms with Crippen molar-refractivity contribution in [2.24, 2.45) is 10.9 Å². The molecule has 0 amide bonds. The average Bonchev–Trinajstić information content (AvgIpc) is 3.11.